The standard InChI is InChI=1S/C19H17N5OS/c20-18-15(5-2-6-21-18)22-11-14-4-1-3-13(9-14)10-17(25)16-12-24-7-8-26-19(24)23-16/h1-9,12,22H,10-11H2,(H2,20,21). The van der Waals surface area contributed by atoms with E-state index in [0.717, 1.165) is 21.8 Å². The Balaban J connectivity index is 1.44. The molecule has 0 amide bonds. The number of nitrogens with zero attached hydrogens (tertiary/aromatic N) is 3. The number of Topliss-reactive ketones (excluding diaryl/α,β-unsaturated/α-hetero) is 1. The number of nitrogens with one attached hydrogen (secondary N) is 1. The number of imidazole rings is 1. The predicted molar refractivity (Wildman–Crippen MR) is 104 cm³/mol. The molecule has 0 saturated heterocycles. The Kier molecular flexibility index (Phi) is 4.37. The average molecular weight is 363 g/mol. The molecule has 0 bridgehead atoms. The van der Waals surface area contributed by atoms with E-state index in [2.05, 4.69) is 15.3 Å². The van der Waals surface area contributed by atoms with E-state index < -0.39 is 0 Å². The van der Waals surface area contributed by atoms with Crippen molar-refractivity contribution in [3.63, 3.8) is 0 Å². The van der Waals surface area contributed by atoms with E-state index in [0.29, 0.717) is 24.5 Å². The van der Waals surface area contributed by atoms with Gasteiger partial charge in [0.25, 0.3) is 0 Å². The third-order valence-electron chi connectivity index (χ3n) is 4.06. The van der Waals surface area contributed by atoms with Gasteiger partial charge in [-0.05, 0) is 23.3 Å². The molecule has 1 aromatic carbocycles. The second-order valence-electron chi connectivity index (χ2n) is 5.93. The Bertz CT molecular complexity index is 1040. The van der Waals surface area contributed by atoms with E-state index in [4.69, 9.17) is 5.73 Å². The summed E-state index contributed by atoms with van der Waals surface area (Å²) in [6.45, 7) is 0.609. The van der Waals surface area contributed by atoms with Crippen LogP contribution in [0.4, 0.5) is 11.5 Å². The quantitative estimate of drug-likeness (QED) is 0.513. The van der Waals surface area contributed by atoms with Gasteiger partial charge in [-0.15, -0.1) is 11.3 Å². The van der Waals surface area contributed by atoms with Crippen molar-refractivity contribution in [1.29, 1.82) is 0 Å². The number of nitrogens with two attached hydrogens (primary N) is 1. The molecule has 0 radical (unpaired) electrons. The molecule has 0 spiro atoms. The molecule has 7 heteroatoms. The first-order valence-electron chi connectivity index (χ1n) is 8.16. The van der Waals surface area contributed by atoms with Gasteiger partial charge < -0.3 is 11.1 Å². The summed E-state index contributed by atoms with van der Waals surface area (Å²) >= 11 is 1.52. The van der Waals surface area contributed by atoms with Gasteiger partial charge in [0.1, 0.15) is 11.5 Å². The fourth-order valence-electron chi connectivity index (χ4n) is 2.75. The Morgan fingerprint density at radius 2 is 2.12 bits per heavy atom. The average Bonchev–Trinajstić information content (AvgIpc) is 3.23. The van der Waals surface area contributed by atoms with E-state index in [1.54, 1.807) is 12.4 Å². The smallest absolute Gasteiger partial charge is 0.194 e. The molecule has 0 saturated carbocycles. The van der Waals surface area contributed by atoms with Gasteiger partial charge in [-0.2, -0.15) is 0 Å². The van der Waals surface area contributed by atoms with Gasteiger partial charge in [-0.25, -0.2) is 9.97 Å². The highest BCUT2D eigenvalue weighted by atomic mass is 32.1. The molecular weight excluding hydrogens is 346 g/mol. The molecule has 4 rings (SSSR count). The summed E-state index contributed by atoms with van der Waals surface area (Å²) in [6, 6.07) is 11.7. The van der Waals surface area contributed by atoms with E-state index in [9.17, 15) is 4.79 Å². The first-order chi connectivity index (χ1) is 12.7. The molecule has 3 aromatic heterocycles. The second kappa shape index (κ2) is 6.97. The molecule has 4 aromatic rings. The van der Waals surface area contributed by atoms with Gasteiger partial charge in [0.2, 0.25) is 0 Å². The van der Waals surface area contributed by atoms with Crippen LogP contribution in [-0.2, 0) is 13.0 Å². The lowest BCUT2D eigenvalue weighted by atomic mass is 10.0. The van der Waals surface area contributed by atoms with Crippen LogP contribution in [0.2, 0.25) is 0 Å². The zero-order valence-corrected chi connectivity index (χ0v) is 14.7. The summed E-state index contributed by atoms with van der Waals surface area (Å²) in [6.07, 6.45) is 5.67. The molecule has 0 fully saturated rings. The SMILES string of the molecule is Nc1ncccc1NCc1cccc(CC(=O)c2cn3ccsc3n2)c1. The Labute approximate surface area is 154 Å². The monoisotopic (exact) mass is 363 g/mol. The number of pyridine rings is 1. The molecule has 26 heavy (non-hydrogen) atoms. The summed E-state index contributed by atoms with van der Waals surface area (Å²) in [5.41, 5.74) is 9.18. The number of nitrogen functional groups attached to an aromatic ring is 1. The van der Waals surface area contributed by atoms with Crippen LogP contribution in [0.5, 0.6) is 0 Å². The second-order valence-corrected chi connectivity index (χ2v) is 6.80. The van der Waals surface area contributed by atoms with E-state index in [-0.39, 0.29) is 5.78 Å². The maximum absolute atomic E-state index is 12.5. The molecular formula is C19H17N5OS. The number of anilines is 2. The third kappa shape index (κ3) is 3.43. The highest BCUT2D eigenvalue weighted by molar-refractivity contribution is 7.15. The number of hydrogen-bond acceptors (Lipinski definition) is 6. The molecule has 0 aliphatic carbocycles. The van der Waals surface area contributed by atoms with Crippen molar-refractivity contribution < 1.29 is 4.79 Å². The molecule has 0 atom stereocenters. The van der Waals surface area contributed by atoms with Crippen LogP contribution in [0.3, 0.4) is 0 Å². The number of fused-ring (bicyclic) bond motifs is 1. The van der Waals surface area contributed by atoms with Gasteiger partial charge in [0, 0.05) is 36.9 Å². The zero-order valence-electron chi connectivity index (χ0n) is 13.9. The molecule has 0 aliphatic heterocycles. The lowest BCUT2D eigenvalue weighted by Gasteiger charge is -2.09. The van der Waals surface area contributed by atoms with Crippen LogP contribution in [0, 0.1) is 0 Å². The van der Waals surface area contributed by atoms with Crippen molar-refractivity contribution in [3.05, 3.63) is 77.2 Å². The van der Waals surface area contributed by atoms with Crippen molar-refractivity contribution in [2.24, 2.45) is 0 Å². The van der Waals surface area contributed by atoms with Gasteiger partial charge in [-0.1, -0.05) is 24.3 Å². The first kappa shape index (κ1) is 16.3. The topological polar surface area (TPSA) is 85.3 Å². The van der Waals surface area contributed by atoms with Crippen LogP contribution < -0.4 is 11.1 Å². The maximum atomic E-state index is 12.5. The number of carbonyl (C=O) groups excluding carboxylic acids is 1. The minimum absolute atomic E-state index is 0.0162. The molecule has 130 valence electrons. The van der Waals surface area contributed by atoms with Gasteiger partial charge in [-0.3, -0.25) is 9.20 Å². The number of hydrogen-bond donors (Lipinski definition) is 2. The third-order valence-corrected chi connectivity index (χ3v) is 4.83. The molecule has 3 N–H and O–H groups in total. The highest BCUT2D eigenvalue weighted by Crippen LogP contribution is 2.17. The van der Waals surface area contributed by atoms with Crippen LogP contribution in [0.25, 0.3) is 4.96 Å². The van der Waals surface area contributed by atoms with E-state index in [1.807, 2.05) is 52.4 Å². The molecule has 3 heterocycles. The Morgan fingerprint density at radius 3 is 2.96 bits per heavy atom. The highest BCUT2D eigenvalue weighted by Gasteiger charge is 2.12. The van der Waals surface area contributed by atoms with Crippen LogP contribution >= 0.6 is 11.3 Å². The number of carbonyl (C=O) groups is 1. The number of ketones is 1. The molecule has 0 aliphatic rings. The Hall–Kier alpha value is -3.19. The van der Waals surface area contributed by atoms with Gasteiger partial charge >= 0.3 is 0 Å². The minimum atomic E-state index is 0.0162. The largest absolute Gasteiger partial charge is 0.382 e. The van der Waals surface area contributed by atoms with Gasteiger partial charge in [0.05, 0.1) is 5.69 Å². The molecule has 0 unspecified atom stereocenters. The number of benzene rings is 1. The van der Waals surface area contributed by atoms with Crippen LogP contribution in [-0.4, -0.2) is 20.2 Å². The lowest BCUT2D eigenvalue weighted by Crippen LogP contribution is -2.06. The summed E-state index contributed by atoms with van der Waals surface area (Å²) in [4.78, 5) is 21.8. The summed E-state index contributed by atoms with van der Waals surface area (Å²) in [5, 5.41) is 5.22. The fraction of sp³-hybridized carbons (Fsp3) is 0.105. The Morgan fingerprint density at radius 1 is 1.23 bits per heavy atom. The number of aromatic nitrogens is 3. The normalized spacial score (nSPS) is 10.9. The summed E-state index contributed by atoms with van der Waals surface area (Å²) in [5.74, 6) is 0.487. The van der Waals surface area contributed by atoms with E-state index >= 15 is 0 Å². The van der Waals surface area contributed by atoms with Crippen molar-refractivity contribution >= 4 is 33.6 Å². The maximum Gasteiger partial charge on any atom is 0.194 e. The van der Waals surface area contributed by atoms with E-state index in [1.165, 1.54) is 11.3 Å². The van der Waals surface area contributed by atoms with Gasteiger partial charge in [0.15, 0.2) is 10.7 Å². The van der Waals surface area contributed by atoms with Crippen molar-refractivity contribution in [2.75, 3.05) is 11.1 Å². The lowest BCUT2D eigenvalue weighted by molar-refractivity contribution is 0.0989. The van der Waals surface area contributed by atoms with Crippen LogP contribution in [0.1, 0.15) is 21.6 Å². The number of thiazole rings is 1. The van der Waals surface area contributed by atoms with Crippen molar-refractivity contribution in [1.82, 2.24) is 14.4 Å². The zero-order chi connectivity index (χ0) is 17.9. The fourth-order valence-corrected chi connectivity index (χ4v) is 3.45. The summed E-state index contributed by atoms with van der Waals surface area (Å²) < 4.78 is 1.87. The van der Waals surface area contributed by atoms with Crippen molar-refractivity contribution in [3.8, 4) is 0 Å². The predicted octanol–water partition coefficient (Wildman–Crippen LogP) is 3.41. The number of rotatable bonds is 6. The van der Waals surface area contributed by atoms with Crippen molar-refractivity contribution in [2.45, 2.75) is 13.0 Å². The minimum Gasteiger partial charge on any atom is -0.382 e. The summed E-state index contributed by atoms with van der Waals surface area (Å²) in [7, 11) is 0. The van der Waals surface area contributed by atoms with Crippen LogP contribution in [0.15, 0.2) is 60.4 Å². The first-order valence-corrected chi connectivity index (χ1v) is 9.04. The molecule has 6 nitrogen and oxygen atoms in total.